The highest BCUT2D eigenvalue weighted by Crippen LogP contribution is 2.11. The van der Waals surface area contributed by atoms with Crippen molar-refractivity contribution in [3.05, 3.63) is 18.2 Å². The molecule has 0 saturated heterocycles. The maximum absolute atomic E-state index is 5.32. The molecule has 0 spiro atoms. The van der Waals surface area contributed by atoms with Crippen molar-refractivity contribution in [3.63, 3.8) is 0 Å². The zero-order valence-corrected chi connectivity index (χ0v) is 7.14. The van der Waals surface area contributed by atoms with Gasteiger partial charge in [-0.25, -0.2) is 0 Å². The zero-order chi connectivity index (χ0) is 9.26. The van der Waals surface area contributed by atoms with E-state index in [4.69, 9.17) is 10.3 Å². The van der Waals surface area contributed by atoms with Crippen LogP contribution in [0.4, 0.5) is 0 Å². The third-order valence-electron chi connectivity index (χ3n) is 1.59. The van der Waals surface area contributed by atoms with Crippen LogP contribution in [0.5, 0.6) is 0 Å². The maximum atomic E-state index is 5.32. The van der Waals surface area contributed by atoms with Crippen molar-refractivity contribution in [1.29, 1.82) is 0 Å². The second kappa shape index (κ2) is 2.98. The van der Waals surface area contributed by atoms with Gasteiger partial charge in [-0.15, -0.1) is 0 Å². The van der Waals surface area contributed by atoms with E-state index in [1.54, 1.807) is 4.68 Å². The standard InChI is InChI=1S/C7H9N5O/c1-12-3-2-5(10-12)7-9-6(4-8)13-11-7/h2-3H,4,8H2,1H3. The average molecular weight is 179 g/mol. The van der Waals surface area contributed by atoms with Crippen LogP contribution in [0.15, 0.2) is 16.8 Å². The molecule has 2 N–H and O–H groups in total. The summed E-state index contributed by atoms with van der Waals surface area (Å²) in [7, 11) is 1.83. The number of hydrogen-bond acceptors (Lipinski definition) is 5. The first kappa shape index (κ1) is 7.93. The number of hydrogen-bond donors (Lipinski definition) is 1. The molecule has 0 aliphatic rings. The van der Waals surface area contributed by atoms with Crippen LogP contribution in [0.3, 0.4) is 0 Å². The maximum Gasteiger partial charge on any atom is 0.240 e. The molecule has 0 amide bonds. The first-order valence-electron chi connectivity index (χ1n) is 3.82. The van der Waals surface area contributed by atoms with Gasteiger partial charge in [0.15, 0.2) is 0 Å². The predicted octanol–water partition coefficient (Wildman–Crippen LogP) is -0.0712. The van der Waals surface area contributed by atoms with Crippen LogP contribution in [0.1, 0.15) is 5.89 Å². The van der Waals surface area contributed by atoms with Gasteiger partial charge in [0, 0.05) is 13.2 Å². The van der Waals surface area contributed by atoms with Gasteiger partial charge in [0.25, 0.3) is 0 Å². The molecule has 0 radical (unpaired) electrons. The van der Waals surface area contributed by atoms with E-state index in [1.807, 2.05) is 19.3 Å². The summed E-state index contributed by atoms with van der Waals surface area (Å²) < 4.78 is 6.52. The minimum Gasteiger partial charge on any atom is -0.338 e. The zero-order valence-electron chi connectivity index (χ0n) is 7.14. The fraction of sp³-hybridized carbons (Fsp3) is 0.286. The van der Waals surface area contributed by atoms with Gasteiger partial charge in [-0.3, -0.25) is 4.68 Å². The van der Waals surface area contributed by atoms with Crippen molar-refractivity contribution < 1.29 is 4.52 Å². The van der Waals surface area contributed by atoms with E-state index in [9.17, 15) is 0 Å². The van der Waals surface area contributed by atoms with Crippen molar-refractivity contribution in [2.24, 2.45) is 12.8 Å². The van der Waals surface area contributed by atoms with Crippen molar-refractivity contribution in [1.82, 2.24) is 19.9 Å². The summed E-state index contributed by atoms with van der Waals surface area (Å²) in [6, 6.07) is 1.81. The third-order valence-corrected chi connectivity index (χ3v) is 1.59. The molecule has 0 aromatic carbocycles. The molecule has 13 heavy (non-hydrogen) atoms. The number of nitrogens with zero attached hydrogens (tertiary/aromatic N) is 4. The van der Waals surface area contributed by atoms with Crippen molar-refractivity contribution >= 4 is 0 Å². The Labute approximate surface area is 74.4 Å². The number of aromatic nitrogens is 4. The van der Waals surface area contributed by atoms with Crippen molar-refractivity contribution in [3.8, 4) is 11.5 Å². The predicted molar refractivity (Wildman–Crippen MR) is 44.4 cm³/mol. The van der Waals surface area contributed by atoms with Crippen LogP contribution in [-0.2, 0) is 13.6 Å². The quantitative estimate of drug-likeness (QED) is 0.697. The molecule has 0 bridgehead atoms. The lowest BCUT2D eigenvalue weighted by Gasteiger charge is -1.84. The molecule has 0 fully saturated rings. The fourth-order valence-corrected chi connectivity index (χ4v) is 0.976. The largest absolute Gasteiger partial charge is 0.338 e. The van der Waals surface area contributed by atoms with Gasteiger partial charge in [-0.2, -0.15) is 10.1 Å². The van der Waals surface area contributed by atoms with Crippen LogP contribution in [-0.4, -0.2) is 19.9 Å². The van der Waals surface area contributed by atoms with E-state index in [0.29, 0.717) is 17.4 Å². The lowest BCUT2D eigenvalue weighted by Crippen LogP contribution is -1.95. The summed E-state index contributed by atoms with van der Waals surface area (Å²) in [5.41, 5.74) is 6.01. The smallest absolute Gasteiger partial charge is 0.240 e. The van der Waals surface area contributed by atoms with Gasteiger partial charge < -0.3 is 10.3 Å². The highest BCUT2D eigenvalue weighted by atomic mass is 16.5. The summed E-state index contributed by atoms with van der Waals surface area (Å²) in [6.45, 7) is 0.250. The molecular weight excluding hydrogens is 170 g/mol. The van der Waals surface area contributed by atoms with E-state index in [2.05, 4.69) is 15.2 Å². The molecule has 2 aromatic heterocycles. The Hall–Kier alpha value is -1.69. The van der Waals surface area contributed by atoms with E-state index >= 15 is 0 Å². The van der Waals surface area contributed by atoms with Gasteiger partial charge >= 0.3 is 0 Å². The Morgan fingerprint density at radius 3 is 3.00 bits per heavy atom. The van der Waals surface area contributed by atoms with Crippen molar-refractivity contribution in [2.75, 3.05) is 0 Å². The average Bonchev–Trinajstić information content (AvgIpc) is 2.71. The second-order valence-electron chi connectivity index (χ2n) is 2.59. The Morgan fingerprint density at radius 1 is 1.62 bits per heavy atom. The summed E-state index contributed by atoms with van der Waals surface area (Å²) in [5, 5.41) is 7.85. The number of aryl methyl sites for hydroxylation is 1. The first-order valence-corrected chi connectivity index (χ1v) is 3.82. The Bertz CT molecular complexity index is 404. The van der Waals surface area contributed by atoms with Gasteiger partial charge in [0.1, 0.15) is 5.69 Å². The fourth-order valence-electron chi connectivity index (χ4n) is 0.976. The Kier molecular flexibility index (Phi) is 1.82. The molecule has 0 aliphatic heterocycles. The highest BCUT2D eigenvalue weighted by molar-refractivity contribution is 5.46. The molecule has 0 atom stereocenters. The minimum atomic E-state index is 0.250. The monoisotopic (exact) mass is 179 g/mol. The highest BCUT2D eigenvalue weighted by Gasteiger charge is 2.08. The molecule has 2 heterocycles. The van der Waals surface area contributed by atoms with Crippen LogP contribution in [0.2, 0.25) is 0 Å². The molecular formula is C7H9N5O. The Balaban J connectivity index is 2.35. The second-order valence-corrected chi connectivity index (χ2v) is 2.59. The number of nitrogens with two attached hydrogens (primary N) is 1. The Morgan fingerprint density at radius 2 is 2.46 bits per heavy atom. The third kappa shape index (κ3) is 1.43. The summed E-state index contributed by atoms with van der Waals surface area (Å²) in [5.74, 6) is 0.890. The summed E-state index contributed by atoms with van der Waals surface area (Å²) in [4.78, 5) is 4.03. The lowest BCUT2D eigenvalue weighted by molar-refractivity contribution is 0.380. The number of rotatable bonds is 2. The van der Waals surface area contributed by atoms with E-state index in [-0.39, 0.29) is 6.54 Å². The van der Waals surface area contributed by atoms with Crippen LogP contribution >= 0.6 is 0 Å². The summed E-state index contributed by atoms with van der Waals surface area (Å²) >= 11 is 0. The van der Waals surface area contributed by atoms with Crippen molar-refractivity contribution in [2.45, 2.75) is 6.54 Å². The van der Waals surface area contributed by atoms with Crippen LogP contribution in [0.25, 0.3) is 11.5 Å². The molecule has 0 aliphatic carbocycles. The normalized spacial score (nSPS) is 10.6. The molecule has 6 nitrogen and oxygen atoms in total. The van der Waals surface area contributed by atoms with Gasteiger partial charge in [-0.05, 0) is 6.07 Å². The topological polar surface area (TPSA) is 82.8 Å². The molecule has 0 unspecified atom stereocenters. The SMILES string of the molecule is Cn1ccc(-c2noc(CN)n2)n1. The summed E-state index contributed by atoms with van der Waals surface area (Å²) in [6.07, 6.45) is 1.81. The van der Waals surface area contributed by atoms with E-state index < -0.39 is 0 Å². The van der Waals surface area contributed by atoms with Gasteiger partial charge in [0.05, 0.1) is 6.54 Å². The minimum absolute atomic E-state index is 0.250. The molecule has 2 aromatic rings. The van der Waals surface area contributed by atoms with E-state index in [1.165, 1.54) is 0 Å². The molecule has 2 rings (SSSR count). The van der Waals surface area contributed by atoms with Crippen LogP contribution < -0.4 is 5.73 Å². The molecule has 68 valence electrons. The van der Waals surface area contributed by atoms with Gasteiger partial charge in [0.2, 0.25) is 11.7 Å². The molecule has 6 heteroatoms. The first-order chi connectivity index (χ1) is 6.29. The van der Waals surface area contributed by atoms with Gasteiger partial charge in [-0.1, -0.05) is 5.16 Å². The lowest BCUT2D eigenvalue weighted by atomic mass is 10.4. The van der Waals surface area contributed by atoms with E-state index in [0.717, 1.165) is 0 Å². The molecule has 0 saturated carbocycles. The van der Waals surface area contributed by atoms with Crippen LogP contribution in [0, 0.1) is 0 Å².